The van der Waals surface area contributed by atoms with E-state index in [0.717, 1.165) is 18.7 Å². The Bertz CT molecular complexity index is 999. The molecule has 0 spiro atoms. The van der Waals surface area contributed by atoms with E-state index < -0.39 is 0 Å². The van der Waals surface area contributed by atoms with Crippen LogP contribution in [-0.4, -0.2) is 17.2 Å². The van der Waals surface area contributed by atoms with E-state index in [-0.39, 0.29) is 11.7 Å². The van der Waals surface area contributed by atoms with Crippen LogP contribution in [0.3, 0.4) is 0 Å². The van der Waals surface area contributed by atoms with Crippen molar-refractivity contribution in [2.75, 3.05) is 4.90 Å². The van der Waals surface area contributed by atoms with Gasteiger partial charge in [0.05, 0.1) is 6.21 Å². The van der Waals surface area contributed by atoms with E-state index in [4.69, 9.17) is 0 Å². The number of hydrogen-bond acceptors (Lipinski definition) is 4. The number of hydrogen-bond donors (Lipinski definition) is 2. The maximum absolute atomic E-state index is 12.4. The molecular weight excluding hydrogens is 338 g/mol. The third-order valence-corrected chi connectivity index (χ3v) is 4.62. The van der Waals surface area contributed by atoms with Crippen molar-refractivity contribution in [1.29, 1.82) is 0 Å². The van der Waals surface area contributed by atoms with E-state index in [2.05, 4.69) is 27.6 Å². The normalized spacial score (nSPS) is 13.0. The van der Waals surface area contributed by atoms with Crippen LogP contribution in [0, 0.1) is 0 Å². The summed E-state index contributed by atoms with van der Waals surface area (Å²) in [6.07, 6.45) is 1.43. The minimum absolute atomic E-state index is 0.119. The lowest BCUT2D eigenvalue weighted by Gasteiger charge is -2.17. The average Bonchev–Trinajstić information content (AvgIpc) is 3.13. The van der Waals surface area contributed by atoms with E-state index in [1.807, 2.05) is 36.4 Å². The Morgan fingerprint density at radius 2 is 1.70 bits per heavy atom. The highest BCUT2D eigenvalue weighted by atomic mass is 16.3. The van der Waals surface area contributed by atoms with Crippen molar-refractivity contribution in [3.8, 4) is 5.75 Å². The van der Waals surface area contributed by atoms with Crippen molar-refractivity contribution >= 4 is 17.8 Å². The second-order valence-electron chi connectivity index (χ2n) is 6.43. The summed E-state index contributed by atoms with van der Waals surface area (Å²) in [4.78, 5) is 14.7. The van der Waals surface area contributed by atoms with Gasteiger partial charge in [-0.2, -0.15) is 5.10 Å². The third-order valence-electron chi connectivity index (χ3n) is 4.62. The molecule has 0 saturated carbocycles. The van der Waals surface area contributed by atoms with Gasteiger partial charge in [0.25, 0.3) is 5.91 Å². The molecule has 134 valence electrons. The molecule has 0 fully saturated rings. The van der Waals surface area contributed by atoms with Gasteiger partial charge >= 0.3 is 0 Å². The van der Waals surface area contributed by atoms with Crippen molar-refractivity contribution in [1.82, 2.24) is 5.43 Å². The zero-order valence-corrected chi connectivity index (χ0v) is 14.7. The number of nitrogens with zero attached hydrogens (tertiary/aromatic N) is 2. The van der Waals surface area contributed by atoms with Crippen LogP contribution in [0.5, 0.6) is 5.75 Å². The molecule has 1 amide bonds. The number of phenolic OH excluding ortho intramolecular Hbond substituents is 1. The summed E-state index contributed by atoms with van der Waals surface area (Å²) in [7, 11) is 0. The minimum atomic E-state index is -0.275. The lowest BCUT2D eigenvalue weighted by Crippen LogP contribution is -2.18. The van der Waals surface area contributed by atoms with Crippen LogP contribution in [-0.2, 0) is 13.1 Å². The molecule has 0 saturated heterocycles. The standard InChI is InChI=1S/C22H19N3O2/c26-21-9-5-4-6-17(21)13-23-24-22(27)16-10-11-18-14-25(15-19(18)12-16)20-7-2-1-3-8-20/h1-13,26H,14-15H2,(H,24,27)/b23-13+. The van der Waals surface area contributed by atoms with Gasteiger partial charge < -0.3 is 10.0 Å². The number of nitrogens with one attached hydrogen (secondary N) is 1. The fraction of sp³-hybridized carbons (Fsp3) is 0.0909. The largest absolute Gasteiger partial charge is 0.507 e. The van der Waals surface area contributed by atoms with Crippen LogP contribution in [0.25, 0.3) is 0 Å². The molecule has 0 radical (unpaired) electrons. The predicted molar refractivity (Wildman–Crippen MR) is 106 cm³/mol. The van der Waals surface area contributed by atoms with Crippen molar-refractivity contribution in [3.63, 3.8) is 0 Å². The van der Waals surface area contributed by atoms with Crippen molar-refractivity contribution in [3.05, 3.63) is 95.1 Å². The first-order valence-electron chi connectivity index (χ1n) is 8.74. The van der Waals surface area contributed by atoms with Gasteiger partial charge in [-0.1, -0.05) is 36.4 Å². The van der Waals surface area contributed by atoms with Gasteiger partial charge in [-0.05, 0) is 47.5 Å². The Hall–Kier alpha value is -3.60. The molecule has 5 heteroatoms. The highest BCUT2D eigenvalue weighted by Crippen LogP contribution is 2.28. The Morgan fingerprint density at radius 3 is 2.52 bits per heavy atom. The number of phenols is 1. The van der Waals surface area contributed by atoms with E-state index in [0.29, 0.717) is 11.1 Å². The van der Waals surface area contributed by atoms with Crippen molar-refractivity contribution in [2.24, 2.45) is 5.10 Å². The smallest absolute Gasteiger partial charge is 0.271 e. The number of anilines is 1. The molecule has 27 heavy (non-hydrogen) atoms. The van der Waals surface area contributed by atoms with Crippen LogP contribution in [0.4, 0.5) is 5.69 Å². The lowest BCUT2D eigenvalue weighted by molar-refractivity contribution is 0.0955. The Labute approximate surface area is 157 Å². The first-order valence-corrected chi connectivity index (χ1v) is 8.74. The molecule has 1 heterocycles. The molecule has 0 unspecified atom stereocenters. The number of amides is 1. The van der Waals surface area contributed by atoms with Gasteiger partial charge in [-0.3, -0.25) is 4.79 Å². The topological polar surface area (TPSA) is 64.9 Å². The fourth-order valence-corrected chi connectivity index (χ4v) is 3.18. The highest BCUT2D eigenvalue weighted by molar-refractivity contribution is 5.95. The van der Waals surface area contributed by atoms with Gasteiger partial charge in [0.1, 0.15) is 5.75 Å². The molecular formula is C22H19N3O2. The SMILES string of the molecule is O=C(N/N=C/c1ccccc1O)c1ccc2c(c1)CN(c1ccccc1)C2. The molecule has 5 nitrogen and oxygen atoms in total. The maximum atomic E-state index is 12.4. The molecule has 4 rings (SSSR count). The zero-order chi connectivity index (χ0) is 18.6. The Morgan fingerprint density at radius 1 is 0.963 bits per heavy atom. The molecule has 3 aromatic carbocycles. The van der Waals surface area contributed by atoms with Crippen LogP contribution in [0.15, 0.2) is 77.9 Å². The molecule has 0 bridgehead atoms. The molecule has 1 aliphatic heterocycles. The number of rotatable bonds is 4. The van der Waals surface area contributed by atoms with Crippen molar-refractivity contribution < 1.29 is 9.90 Å². The Kier molecular flexibility index (Phi) is 4.58. The predicted octanol–water partition coefficient (Wildman–Crippen LogP) is 3.68. The van der Waals surface area contributed by atoms with Crippen LogP contribution in [0.1, 0.15) is 27.0 Å². The molecule has 2 N–H and O–H groups in total. The van der Waals surface area contributed by atoms with Crippen molar-refractivity contribution in [2.45, 2.75) is 13.1 Å². The second kappa shape index (κ2) is 7.33. The summed E-state index contributed by atoms with van der Waals surface area (Å²) in [5.74, 6) is -0.156. The number of para-hydroxylation sites is 2. The van der Waals surface area contributed by atoms with E-state index >= 15 is 0 Å². The molecule has 0 atom stereocenters. The number of benzene rings is 3. The number of hydrazone groups is 1. The highest BCUT2D eigenvalue weighted by Gasteiger charge is 2.20. The quantitative estimate of drug-likeness (QED) is 0.553. The Balaban J connectivity index is 1.44. The number of carbonyl (C=O) groups is 1. The number of aromatic hydroxyl groups is 1. The summed E-state index contributed by atoms with van der Waals surface area (Å²) in [6.45, 7) is 1.62. The van der Waals surface area contributed by atoms with E-state index in [9.17, 15) is 9.90 Å². The van der Waals surface area contributed by atoms with Gasteiger partial charge in [-0.25, -0.2) is 5.43 Å². The summed E-state index contributed by atoms with van der Waals surface area (Å²) >= 11 is 0. The molecule has 0 aliphatic carbocycles. The van der Waals surface area contributed by atoms with E-state index in [1.165, 1.54) is 17.5 Å². The van der Waals surface area contributed by atoms with Crippen LogP contribution >= 0.6 is 0 Å². The average molecular weight is 357 g/mol. The van der Waals surface area contributed by atoms with Gasteiger partial charge in [0, 0.05) is 29.9 Å². The minimum Gasteiger partial charge on any atom is -0.507 e. The van der Waals surface area contributed by atoms with E-state index in [1.54, 1.807) is 24.3 Å². The zero-order valence-electron chi connectivity index (χ0n) is 14.7. The fourth-order valence-electron chi connectivity index (χ4n) is 3.18. The molecule has 3 aromatic rings. The van der Waals surface area contributed by atoms with Gasteiger partial charge in [-0.15, -0.1) is 0 Å². The summed E-state index contributed by atoms with van der Waals surface area (Å²) in [5.41, 5.74) is 7.18. The number of carbonyl (C=O) groups excluding carboxylic acids is 1. The van der Waals surface area contributed by atoms with Crippen LogP contribution < -0.4 is 10.3 Å². The van der Waals surface area contributed by atoms with Gasteiger partial charge in [0.15, 0.2) is 0 Å². The third kappa shape index (κ3) is 3.67. The lowest BCUT2D eigenvalue weighted by atomic mass is 10.1. The number of fused-ring (bicyclic) bond motifs is 1. The monoisotopic (exact) mass is 357 g/mol. The molecule has 1 aliphatic rings. The van der Waals surface area contributed by atoms with Crippen LogP contribution in [0.2, 0.25) is 0 Å². The summed E-state index contributed by atoms with van der Waals surface area (Å²) in [5, 5.41) is 13.6. The molecule has 0 aromatic heterocycles. The second-order valence-corrected chi connectivity index (χ2v) is 6.43. The summed E-state index contributed by atoms with van der Waals surface area (Å²) < 4.78 is 0. The van der Waals surface area contributed by atoms with Gasteiger partial charge in [0.2, 0.25) is 0 Å². The first-order chi connectivity index (χ1) is 13.2. The first kappa shape index (κ1) is 16.8. The summed E-state index contributed by atoms with van der Waals surface area (Å²) in [6, 6.07) is 22.8. The maximum Gasteiger partial charge on any atom is 0.271 e.